The van der Waals surface area contributed by atoms with Crippen molar-refractivity contribution in [1.82, 2.24) is 5.32 Å². The molecule has 3 saturated carbocycles. The SMILES string of the molecule is C/C(=N/CCCCCCNC(=O)CC1C(=O)Oc2c(cc(F)c(O)c2F)C1C)[C@H]1CC[C@@H]2[C@]1(C)CC[C@H]1[C@@]2(C)CCC2=CC(=O)CC[C@@]21C. The van der Waals surface area contributed by atoms with Crippen LogP contribution in [0.4, 0.5) is 8.78 Å². The Morgan fingerprint density at radius 1 is 1.00 bits per heavy atom. The van der Waals surface area contributed by atoms with Gasteiger partial charge in [-0.2, -0.15) is 4.39 Å². The van der Waals surface area contributed by atoms with Gasteiger partial charge in [0.15, 0.2) is 23.1 Å². The summed E-state index contributed by atoms with van der Waals surface area (Å²) in [5.74, 6) is -4.47. The summed E-state index contributed by atoms with van der Waals surface area (Å²) in [7, 11) is 0. The largest absolute Gasteiger partial charge is 0.503 e. The maximum Gasteiger partial charge on any atom is 0.315 e. The molecule has 0 radical (unpaired) electrons. The van der Waals surface area contributed by atoms with Crippen molar-refractivity contribution in [2.45, 2.75) is 124 Å². The van der Waals surface area contributed by atoms with Gasteiger partial charge in [0.25, 0.3) is 0 Å². The number of hydrogen-bond acceptors (Lipinski definition) is 6. The van der Waals surface area contributed by atoms with Crippen molar-refractivity contribution in [2.24, 2.45) is 44.9 Å². The lowest BCUT2D eigenvalue weighted by molar-refractivity contribution is -0.143. The number of rotatable bonds is 10. The number of carbonyl (C=O) groups is 3. The van der Waals surface area contributed by atoms with E-state index in [1.807, 2.05) is 6.08 Å². The van der Waals surface area contributed by atoms with Gasteiger partial charge in [-0.25, -0.2) is 4.39 Å². The number of esters is 1. The lowest BCUT2D eigenvalue weighted by Crippen LogP contribution is -2.56. The predicted octanol–water partition coefficient (Wildman–Crippen LogP) is 8.37. The molecule has 1 aromatic carbocycles. The van der Waals surface area contributed by atoms with E-state index in [9.17, 15) is 28.3 Å². The molecule has 4 aliphatic carbocycles. The number of allylic oxidation sites excluding steroid dienone is 1. The van der Waals surface area contributed by atoms with E-state index in [4.69, 9.17) is 9.73 Å². The molecule has 3 fully saturated rings. The number of hydrogen-bond donors (Lipinski definition) is 2. The van der Waals surface area contributed by atoms with Crippen molar-refractivity contribution >= 4 is 23.4 Å². The molecule has 2 N–H and O–H groups in total. The number of ether oxygens (including phenoxy) is 1. The molecule has 0 aromatic heterocycles. The van der Waals surface area contributed by atoms with Crippen molar-refractivity contribution in [3.8, 4) is 11.5 Å². The van der Waals surface area contributed by atoms with Crippen molar-refractivity contribution in [3.05, 3.63) is 34.9 Å². The Morgan fingerprint density at radius 2 is 1.76 bits per heavy atom. The number of ketones is 1. The van der Waals surface area contributed by atoms with Gasteiger partial charge in [-0.3, -0.25) is 19.4 Å². The lowest BCUT2D eigenvalue weighted by Gasteiger charge is -2.63. The van der Waals surface area contributed by atoms with Gasteiger partial charge in [-0.05, 0) is 111 Å². The number of aliphatic imine (C=N–C) groups is 1. The number of phenols is 1. The van der Waals surface area contributed by atoms with Gasteiger partial charge in [-0.15, -0.1) is 0 Å². The molecule has 2 unspecified atom stereocenters. The molecule has 7 nitrogen and oxygen atoms in total. The molecular formula is C40H54F2N2O5. The van der Waals surface area contributed by atoms with Crippen LogP contribution in [0.2, 0.25) is 0 Å². The van der Waals surface area contributed by atoms with Crippen LogP contribution < -0.4 is 10.1 Å². The average molecular weight is 681 g/mol. The van der Waals surface area contributed by atoms with E-state index >= 15 is 0 Å². The first-order valence-electron chi connectivity index (χ1n) is 18.6. The first-order valence-corrected chi connectivity index (χ1v) is 18.6. The smallest absolute Gasteiger partial charge is 0.315 e. The van der Waals surface area contributed by atoms with E-state index in [0.29, 0.717) is 41.9 Å². The Kier molecular flexibility index (Phi) is 9.88. The molecule has 1 aliphatic heterocycles. The van der Waals surface area contributed by atoms with Crippen LogP contribution >= 0.6 is 0 Å². The van der Waals surface area contributed by atoms with Crippen LogP contribution in [0.5, 0.6) is 11.5 Å². The Morgan fingerprint density at radius 3 is 2.53 bits per heavy atom. The second-order valence-electron chi connectivity index (χ2n) is 16.6. The summed E-state index contributed by atoms with van der Waals surface area (Å²) in [6.45, 7) is 12.8. The normalized spacial score (nSPS) is 35.4. The average Bonchev–Trinajstić information content (AvgIpc) is 3.42. The predicted molar refractivity (Wildman–Crippen MR) is 184 cm³/mol. The van der Waals surface area contributed by atoms with Crippen molar-refractivity contribution in [1.29, 1.82) is 0 Å². The summed E-state index contributed by atoms with van der Waals surface area (Å²) in [6.07, 6.45) is 14.6. The zero-order valence-electron chi connectivity index (χ0n) is 29.9. The van der Waals surface area contributed by atoms with Crippen LogP contribution in [0.15, 0.2) is 22.7 Å². The fourth-order valence-corrected chi connectivity index (χ4v) is 11.3. The van der Waals surface area contributed by atoms with E-state index in [2.05, 4.69) is 33.0 Å². The molecule has 5 aliphatic rings. The van der Waals surface area contributed by atoms with Gasteiger partial charge < -0.3 is 15.2 Å². The summed E-state index contributed by atoms with van der Waals surface area (Å²) in [5, 5.41) is 12.4. The first-order chi connectivity index (χ1) is 23.2. The minimum Gasteiger partial charge on any atom is -0.503 e. The second-order valence-corrected chi connectivity index (χ2v) is 16.6. The summed E-state index contributed by atoms with van der Waals surface area (Å²) in [6, 6.07) is 0.961. The first kappa shape index (κ1) is 35.7. The standard InChI is InChI=1S/C40H54F2N2O5/c1-23-27-21-30(41)35(47)34(42)36(27)49-37(48)28(23)22-33(46)44-19-9-7-6-8-18-43-24(2)29-10-11-31-39(29,4)17-14-32-38(3)16-13-26(45)20-25(38)12-15-40(31,32)5/h20-21,23,28-29,31-32,47H,6-19,22H2,1-5H3,(H,44,46)/b43-24-/t23?,28?,29-,31-,32-,38+,39-,40+/m1/s1. The summed E-state index contributed by atoms with van der Waals surface area (Å²) < 4.78 is 33.2. The lowest BCUT2D eigenvalue weighted by atomic mass is 9.41. The Balaban J connectivity index is 0.928. The zero-order valence-corrected chi connectivity index (χ0v) is 29.9. The third kappa shape index (κ3) is 6.26. The summed E-state index contributed by atoms with van der Waals surface area (Å²) in [5.41, 5.74) is 3.64. The van der Waals surface area contributed by atoms with Gasteiger partial charge in [0.2, 0.25) is 11.7 Å². The maximum atomic E-state index is 14.2. The van der Waals surface area contributed by atoms with Crippen molar-refractivity contribution in [2.75, 3.05) is 13.1 Å². The molecule has 1 heterocycles. The molecule has 6 rings (SSSR count). The number of benzene rings is 1. The Labute approximate surface area is 289 Å². The van der Waals surface area contributed by atoms with Gasteiger partial charge in [-0.1, -0.05) is 46.1 Å². The van der Waals surface area contributed by atoms with Crippen LogP contribution in [-0.2, 0) is 14.4 Å². The maximum absolute atomic E-state index is 14.2. The number of unbranched alkanes of at least 4 members (excludes halogenated alkanes) is 3. The van der Waals surface area contributed by atoms with Crippen LogP contribution in [-0.4, -0.2) is 41.6 Å². The minimum atomic E-state index is -1.30. The number of fused-ring (bicyclic) bond motifs is 6. The number of phenolic OH excluding ortho intramolecular Hbond substituents is 1. The number of carbonyl (C=O) groups excluding carboxylic acids is 3. The number of nitrogens with one attached hydrogen (secondary N) is 1. The van der Waals surface area contributed by atoms with Gasteiger partial charge in [0.1, 0.15) is 0 Å². The van der Waals surface area contributed by atoms with Gasteiger partial charge >= 0.3 is 5.97 Å². The fourth-order valence-electron chi connectivity index (χ4n) is 11.3. The molecular weight excluding hydrogens is 626 g/mol. The number of aromatic hydroxyl groups is 1. The van der Waals surface area contributed by atoms with Gasteiger partial charge in [0.05, 0.1) is 5.92 Å². The highest BCUT2D eigenvalue weighted by Gasteiger charge is 2.64. The second kappa shape index (κ2) is 13.6. The van der Waals surface area contributed by atoms with E-state index < -0.39 is 40.9 Å². The summed E-state index contributed by atoms with van der Waals surface area (Å²) >= 11 is 0. The zero-order chi connectivity index (χ0) is 35.3. The quantitative estimate of drug-likeness (QED) is 0.112. The molecule has 0 spiro atoms. The van der Waals surface area contributed by atoms with Crippen LogP contribution in [0, 0.1) is 51.6 Å². The van der Waals surface area contributed by atoms with E-state index in [1.54, 1.807) is 6.92 Å². The Bertz CT molecular complexity index is 1570. The third-order valence-electron chi connectivity index (χ3n) is 14.0. The monoisotopic (exact) mass is 680 g/mol. The highest BCUT2D eigenvalue weighted by molar-refractivity contribution is 5.91. The van der Waals surface area contributed by atoms with E-state index in [1.165, 1.54) is 43.4 Å². The fraction of sp³-hybridized carbons (Fsp3) is 0.700. The molecule has 8 atom stereocenters. The minimum absolute atomic E-state index is 0.125. The Hall–Kier alpha value is -3.10. The number of halogens is 2. The van der Waals surface area contributed by atoms with Crippen molar-refractivity contribution < 1.29 is 33.0 Å². The van der Waals surface area contributed by atoms with Crippen LogP contribution in [0.25, 0.3) is 0 Å². The van der Waals surface area contributed by atoms with Gasteiger partial charge in [0, 0.05) is 43.1 Å². The highest BCUT2D eigenvalue weighted by atomic mass is 19.1. The molecule has 1 aromatic rings. The van der Waals surface area contributed by atoms with E-state index in [-0.39, 0.29) is 28.7 Å². The molecule has 268 valence electrons. The van der Waals surface area contributed by atoms with Crippen LogP contribution in [0.3, 0.4) is 0 Å². The number of nitrogens with zero attached hydrogens (tertiary/aromatic N) is 1. The van der Waals surface area contributed by atoms with E-state index in [0.717, 1.165) is 51.1 Å². The molecule has 1 amide bonds. The van der Waals surface area contributed by atoms with Crippen LogP contribution in [0.1, 0.15) is 130 Å². The molecule has 0 bridgehead atoms. The highest BCUT2D eigenvalue weighted by Crippen LogP contribution is 2.71. The molecule has 0 saturated heterocycles. The van der Waals surface area contributed by atoms with Crippen molar-refractivity contribution in [3.63, 3.8) is 0 Å². The number of amides is 1. The molecule has 49 heavy (non-hydrogen) atoms. The summed E-state index contributed by atoms with van der Waals surface area (Å²) in [4.78, 5) is 42.5. The molecule has 9 heteroatoms. The third-order valence-corrected chi connectivity index (χ3v) is 14.0. The topological polar surface area (TPSA) is 105 Å².